The molecule has 0 saturated carbocycles. The van der Waals surface area contributed by atoms with Crippen LogP contribution in [0.5, 0.6) is 5.75 Å². The number of halogens is 4. The van der Waals surface area contributed by atoms with Gasteiger partial charge in [-0.1, -0.05) is 30.3 Å². The van der Waals surface area contributed by atoms with Gasteiger partial charge in [-0.2, -0.15) is 0 Å². The number of nitrogens with zero attached hydrogens (tertiary/aromatic N) is 3. The zero-order valence-corrected chi connectivity index (χ0v) is 23.1. The minimum Gasteiger partial charge on any atom is -0.406 e. The average Bonchev–Trinajstić information content (AvgIpc) is 3.34. The van der Waals surface area contributed by atoms with Crippen LogP contribution >= 0.6 is 0 Å². The number of benzene rings is 3. The van der Waals surface area contributed by atoms with Crippen LogP contribution in [0.2, 0.25) is 0 Å². The van der Waals surface area contributed by atoms with E-state index in [1.807, 2.05) is 24.3 Å². The van der Waals surface area contributed by atoms with Crippen molar-refractivity contribution >= 4 is 17.3 Å². The fraction of sp³-hybridized carbons (Fsp3) is 0.200. The lowest BCUT2D eigenvalue weighted by molar-refractivity contribution is -0.274. The third kappa shape index (κ3) is 6.55. The smallest absolute Gasteiger partial charge is 0.406 e. The third-order valence-electron chi connectivity index (χ3n) is 6.75. The van der Waals surface area contributed by atoms with E-state index < -0.39 is 30.1 Å². The molecule has 4 rings (SSSR count). The summed E-state index contributed by atoms with van der Waals surface area (Å²) in [5.74, 6) is 5.77. The van der Waals surface area contributed by atoms with Crippen LogP contribution in [-0.2, 0) is 4.79 Å². The Hall–Kier alpha value is -4.84. The molecule has 0 spiro atoms. The number of hydrogen-bond donors (Lipinski definition) is 3. The first kappa shape index (κ1) is 30.1. The molecule has 1 heterocycles. The Balaban J connectivity index is 1.83. The average molecular weight is 583 g/mol. The third-order valence-corrected chi connectivity index (χ3v) is 6.75. The van der Waals surface area contributed by atoms with Gasteiger partial charge in [-0.3, -0.25) is 9.80 Å². The number of amides is 1. The molecule has 0 radical (unpaired) electrons. The van der Waals surface area contributed by atoms with Crippen LogP contribution in [0.1, 0.15) is 48.6 Å². The van der Waals surface area contributed by atoms with Crippen molar-refractivity contribution in [3.8, 4) is 22.6 Å². The zero-order chi connectivity index (χ0) is 30.8. The minimum atomic E-state index is -4.84. The number of ether oxygens (including phenoxy) is 1. The number of hydrogen-bond acceptors (Lipinski definition) is 6. The summed E-state index contributed by atoms with van der Waals surface area (Å²) in [5.41, 5.74) is 15.6. The molecule has 0 aliphatic heterocycles. The summed E-state index contributed by atoms with van der Waals surface area (Å²) in [4.78, 5) is 16.1. The van der Waals surface area contributed by atoms with Gasteiger partial charge in [0.2, 0.25) is 5.91 Å². The molecule has 0 fully saturated rings. The van der Waals surface area contributed by atoms with Crippen LogP contribution in [-0.4, -0.2) is 21.8 Å². The van der Waals surface area contributed by atoms with Gasteiger partial charge >= 0.3 is 6.36 Å². The summed E-state index contributed by atoms with van der Waals surface area (Å²) >= 11 is 0. The van der Waals surface area contributed by atoms with Gasteiger partial charge in [-0.15, -0.1) is 13.2 Å². The van der Waals surface area contributed by atoms with Crippen LogP contribution in [0.3, 0.4) is 0 Å². The number of aryl methyl sites for hydroxylation is 1. The number of carbonyl (C=O) groups is 1. The fourth-order valence-electron chi connectivity index (χ4n) is 4.46. The normalized spacial score (nSPS) is 13.5. The van der Waals surface area contributed by atoms with E-state index in [0.717, 1.165) is 28.8 Å². The summed E-state index contributed by atoms with van der Waals surface area (Å²) in [6.07, 6.45) is -3.36. The van der Waals surface area contributed by atoms with E-state index in [1.54, 1.807) is 42.8 Å². The maximum Gasteiger partial charge on any atom is 0.573 e. The van der Waals surface area contributed by atoms with Gasteiger partial charge in [-0.25, -0.2) is 15.2 Å². The second kappa shape index (κ2) is 12.0. The molecular weight excluding hydrogens is 552 g/mol. The lowest BCUT2D eigenvalue weighted by Crippen LogP contribution is -2.31. The summed E-state index contributed by atoms with van der Waals surface area (Å²) in [6, 6.07) is 17.8. The van der Waals surface area contributed by atoms with Gasteiger partial charge in [-0.05, 0) is 73.9 Å². The van der Waals surface area contributed by atoms with E-state index in [-0.39, 0.29) is 11.4 Å². The maximum atomic E-state index is 14.1. The largest absolute Gasteiger partial charge is 0.573 e. The Kier molecular flexibility index (Phi) is 8.57. The van der Waals surface area contributed by atoms with Crippen LogP contribution < -0.4 is 27.1 Å². The molecule has 8 nitrogen and oxygen atoms in total. The highest BCUT2D eigenvalue weighted by molar-refractivity contribution is 5.85. The minimum absolute atomic E-state index is 0.231. The Morgan fingerprint density at radius 3 is 2.29 bits per heavy atom. The van der Waals surface area contributed by atoms with Gasteiger partial charge in [0.15, 0.2) is 0 Å². The van der Waals surface area contributed by atoms with Crippen molar-refractivity contribution < 1.29 is 27.1 Å². The first-order valence-electron chi connectivity index (χ1n) is 12.9. The SMILES string of the molecule is Cc1nc(C(C)F)cn1-c1ccc(-c2cccc(C(C)C(N)=O)c2)cc1N(N)/C(=C\N)c1ccc(OC(F)(F)F)cc1. The van der Waals surface area contributed by atoms with E-state index in [0.29, 0.717) is 22.8 Å². The number of imidazole rings is 1. The van der Waals surface area contributed by atoms with Crippen molar-refractivity contribution in [2.24, 2.45) is 17.3 Å². The van der Waals surface area contributed by atoms with Crippen molar-refractivity contribution in [1.29, 1.82) is 0 Å². The van der Waals surface area contributed by atoms with Gasteiger partial charge in [0.25, 0.3) is 0 Å². The molecule has 12 heteroatoms. The number of aromatic nitrogens is 2. The maximum absolute atomic E-state index is 14.1. The molecule has 0 saturated heterocycles. The summed E-state index contributed by atoms with van der Waals surface area (Å²) < 4.78 is 57.8. The number of anilines is 1. The van der Waals surface area contributed by atoms with Crippen molar-refractivity contribution in [1.82, 2.24) is 9.55 Å². The van der Waals surface area contributed by atoms with E-state index in [9.17, 15) is 22.4 Å². The number of alkyl halides is 4. The zero-order valence-electron chi connectivity index (χ0n) is 23.1. The van der Waals surface area contributed by atoms with Crippen LogP contribution in [0.25, 0.3) is 22.5 Å². The number of nitrogens with two attached hydrogens (primary N) is 3. The molecule has 6 N–H and O–H groups in total. The van der Waals surface area contributed by atoms with Crippen molar-refractivity contribution in [3.05, 3.63) is 102 Å². The Bertz CT molecular complexity index is 1610. The lowest BCUT2D eigenvalue weighted by Gasteiger charge is -2.26. The fourth-order valence-corrected chi connectivity index (χ4v) is 4.46. The molecule has 0 aliphatic rings. The van der Waals surface area contributed by atoms with E-state index in [2.05, 4.69) is 9.72 Å². The Morgan fingerprint density at radius 1 is 1.05 bits per heavy atom. The molecule has 2 atom stereocenters. The van der Waals surface area contributed by atoms with Gasteiger partial charge in [0.05, 0.1) is 28.7 Å². The highest BCUT2D eigenvalue weighted by Gasteiger charge is 2.31. The number of rotatable bonds is 9. The topological polar surface area (TPSA) is 125 Å². The molecule has 0 aliphatic carbocycles. The molecule has 4 aromatic rings. The number of hydrazine groups is 1. The van der Waals surface area contributed by atoms with E-state index in [1.165, 1.54) is 30.3 Å². The van der Waals surface area contributed by atoms with Gasteiger partial charge in [0, 0.05) is 18.0 Å². The molecule has 3 aromatic carbocycles. The Labute approximate surface area is 240 Å². The quantitative estimate of drug-likeness (QED) is 0.126. The van der Waals surface area contributed by atoms with Crippen LogP contribution in [0.4, 0.5) is 23.2 Å². The summed E-state index contributed by atoms with van der Waals surface area (Å²) in [6.45, 7) is 4.82. The molecular formula is C30H30F4N6O2. The second-order valence-corrected chi connectivity index (χ2v) is 9.65. The molecule has 1 amide bonds. The summed E-state index contributed by atoms with van der Waals surface area (Å²) in [7, 11) is 0. The lowest BCUT2D eigenvalue weighted by atomic mass is 9.95. The van der Waals surface area contributed by atoms with Gasteiger partial charge in [0.1, 0.15) is 17.7 Å². The van der Waals surface area contributed by atoms with Crippen LogP contribution in [0.15, 0.2) is 79.1 Å². The predicted octanol–water partition coefficient (Wildman–Crippen LogP) is 6.00. The standard InChI is InChI=1S/C30H30F4N6O2/c1-17(29(36)41)21-5-4-6-22(13-21)23-9-12-26(39-16-25(18(2)31)38-19(39)3)27(14-23)40(37)28(15-35)20-7-10-24(11-8-20)42-30(32,33)34/h4-18H,35,37H2,1-3H3,(H2,36,41)/b28-15-. The number of primary amides is 1. The molecule has 42 heavy (non-hydrogen) atoms. The highest BCUT2D eigenvalue weighted by atomic mass is 19.4. The van der Waals surface area contributed by atoms with Crippen molar-refractivity contribution in [2.45, 2.75) is 39.2 Å². The van der Waals surface area contributed by atoms with E-state index in [4.69, 9.17) is 17.3 Å². The second-order valence-electron chi connectivity index (χ2n) is 9.65. The predicted molar refractivity (Wildman–Crippen MR) is 153 cm³/mol. The number of carbonyl (C=O) groups excluding carboxylic acids is 1. The first-order chi connectivity index (χ1) is 19.8. The molecule has 1 aromatic heterocycles. The highest BCUT2D eigenvalue weighted by Crippen LogP contribution is 2.36. The monoisotopic (exact) mass is 582 g/mol. The summed E-state index contributed by atoms with van der Waals surface area (Å²) in [5, 5.41) is 1.28. The first-order valence-corrected chi connectivity index (χ1v) is 12.9. The van der Waals surface area contributed by atoms with Gasteiger partial charge < -0.3 is 20.8 Å². The van der Waals surface area contributed by atoms with Crippen LogP contribution in [0, 0.1) is 6.92 Å². The molecule has 0 bridgehead atoms. The molecule has 2 unspecified atom stereocenters. The van der Waals surface area contributed by atoms with Crippen molar-refractivity contribution in [3.63, 3.8) is 0 Å². The molecule has 220 valence electrons. The van der Waals surface area contributed by atoms with E-state index >= 15 is 0 Å². The Morgan fingerprint density at radius 2 is 1.71 bits per heavy atom. The van der Waals surface area contributed by atoms with Crippen molar-refractivity contribution in [2.75, 3.05) is 5.01 Å².